The van der Waals surface area contributed by atoms with Gasteiger partial charge in [-0.15, -0.1) is 5.10 Å². The molecule has 25 heavy (non-hydrogen) atoms. The molecule has 0 aliphatic heterocycles. The van der Waals surface area contributed by atoms with Gasteiger partial charge in [0.25, 0.3) is 0 Å². The van der Waals surface area contributed by atoms with E-state index in [4.69, 9.17) is 4.42 Å². The van der Waals surface area contributed by atoms with Crippen molar-refractivity contribution in [3.05, 3.63) is 76.0 Å². The summed E-state index contributed by atoms with van der Waals surface area (Å²) in [4.78, 5) is 24.2. The van der Waals surface area contributed by atoms with Crippen molar-refractivity contribution in [2.45, 2.75) is 26.3 Å². The standard InChI is InChI=1S/C19H17FN2O3/c1-12(2)13-3-5-14(6-4-13)17(23)11-22-19(24)25-18(21-22)15-7-9-16(20)10-8-15/h3-10,12H,11H2,1-2H3. The van der Waals surface area contributed by atoms with Gasteiger partial charge in [-0.25, -0.2) is 9.18 Å². The first kappa shape index (κ1) is 16.8. The third kappa shape index (κ3) is 3.74. The van der Waals surface area contributed by atoms with Gasteiger partial charge in [-0.2, -0.15) is 4.68 Å². The number of aromatic nitrogens is 2. The molecule has 3 aromatic rings. The highest BCUT2D eigenvalue weighted by atomic mass is 19.1. The molecule has 1 heterocycles. The molecule has 0 radical (unpaired) electrons. The van der Waals surface area contributed by atoms with Gasteiger partial charge in [0.05, 0.1) is 0 Å². The highest BCUT2D eigenvalue weighted by Crippen LogP contribution is 2.17. The molecule has 1 aromatic heterocycles. The van der Waals surface area contributed by atoms with E-state index in [1.807, 2.05) is 12.1 Å². The number of Topliss-reactive ketones (excluding diaryl/α,β-unsaturated/α-hetero) is 1. The molecule has 0 N–H and O–H groups in total. The minimum atomic E-state index is -0.730. The van der Waals surface area contributed by atoms with Crippen LogP contribution in [0.5, 0.6) is 0 Å². The van der Waals surface area contributed by atoms with Crippen LogP contribution in [0.1, 0.15) is 35.7 Å². The van der Waals surface area contributed by atoms with Gasteiger partial charge in [0.1, 0.15) is 12.4 Å². The van der Waals surface area contributed by atoms with Crippen molar-refractivity contribution in [3.63, 3.8) is 0 Å². The number of carbonyl (C=O) groups is 1. The first-order valence-corrected chi connectivity index (χ1v) is 7.91. The van der Waals surface area contributed by atoms with Crippen molar-refractivity contribution >= 4 is 5.78 Å². The Morgan fingerprint density at radius 2 is 1.76 bits per heavy atom. The molecule has 0 unspecified atom stereocenters. The van der Waals surface area contributed by atoms with Crippen molar-refractivity contribution < 1.29 is 13.6 Å². The van der Waals surface area contributed by atoms with Crippen LogP contribution in [0.2, 0.25) is 0 Å². The maximum atomic E-state index is 13.0. The lowest BCUT2D eigenvalue weighted by Crippen LogP contribution is -2.21. The second-order valence-corrected chi connectivity index (χ2v) is 6.04. The molecule has 6 heteroatoms. The van der Waals surface area contributed by atoms with E-state index in [1.54, 1.807) is 12.1 Å². The fourth-order valence-electron chi connectivity index (χ4n) is 2.40. The van der Waals surface area contributed by atoms with E-state index in [2.05, 4.69) is 18.9 Å². The monoisotopic (exact) mass is 340 g/mol. The molecule has 128 valence electrons. The number of hydrogen-bond acceptors (Lipinski definition) is 4. The largest absolute Gasteiger partial charge is 0.437 e. The van der Waals surface area contributed by atoms with Gasteiger partial charge in [0.2, 0.25) is 5.89 Å². The fraction of sp³-hybridized carbons (Fsp3) is 0.211. The van der Waals surface area contributed by atoms with Crippen LogP contribution in [0.4, 0.5) is 4.39 Å². The van der Waals surface area contributed by atoms with Crippen LogP contribution in [-0.2, 0) is 6.54 Å². The summed E-state index contributed by atoms with van der Waals surface area (Å²) in [7, 11) is 0. The van der Waals surface area contributed by atoms with Crippen LogP contribution in [0.15, 0.2) is 57.7 Å². The van der Waals surface area contributed by atoms with Crippen LogP contribution in [0.3, 0.4) is 0 Å². The zero-order valence-electron chi connectivity index (χ0n) is 13.9. The molecule has 0 saturated carbocycles. The maximum Gasteiger partial charge on any atom is 0.437 e. The first-order chi connectivity index (χ1) is 11.9. The summed E-state index contributed by atoms with van der Waals surface area (Å²) in [5.41, 5.74) is 2.10. The summed E-state index contributed by atoms with van der Waals surface area (Å²) >= 11 is 0. The third-order valence-corrected chi connectivity index (χ3v) is 3.89. The Morgan fingerprint density at radius 3 is 2.36 bits per heavy atom. The molecule has 3 rings (SSSR count). The highest BCUT2D eigenvalue weighted by Gasteiger charge is 2.14. The van der Waals surface area contributed by atoms with E-state index in [9.17, 15) is 14.0 Å². The Morgan fingerprint density at radius 1 is 1.12 bits per heavy atom. The molecule has 0 amide bonds. The van der Waals surface area contributed by atoms with Gasteiger partial charge in [-0.3, -0.25) is 4.79 Å². The van der Waals surface area contributed by atoms with Gasteiger partial charge in [0.15, 0.2) is 5.78 Å². The molecule has 0 aliphatic carbocycles. The van der Waals surface area contributed by atoms with Crippen molar-refractivity contribution in [2.24, 2.45) is 0 Å². The average molecular weight is 340 g/mol. The van der Waals surface area contributed by atoms with Crippen LogP contribution in [0.25, 0.3) is 11.5 Å². The Bertz CT molecular complexity index is 938. The van der Waals surface area contributed by atoms with Gasteiger partial charge < -0.3 is 4.42 Å². The number of nitrogens with zero attached hydrogens (tertiary/aromatic N) is 2. The van der Waals surface area contributed by atoms with E-state index in [1.165, 1.54) is 24.3 Å². The zero-order valence-corrected chi connectivity index (χ0v) is 13.9. The Balaban J connectivity index is 1.79. The minimum absolute atomic E-state index is 0.0490. The molecule has 0 saturated heterocycles. The summed E-state index contributed by atoms with van der Waals surface area (Å²) in [6.07, 6.45) is 0. The zero-order chi connectivity index (χ0) is 18.0. The summed E-state index contributed by atoms with van der Waals surface area (Å²) in [5.74, 6) is -0.943. The quantitative estimate of drug-likeness (QED) is 0.665. The smallest absolute Gasteiger partial charge is 0.388 e. The Kier molecular flexibility index (Phi) is 4.61. The number of rotatable bonds is 5. The summed E-state index contributed by atoms with van der Waals surface area (Å²) in [6.45, 7) is 3.93. The van der Waals surface area contributed by atoms with E-state index >= 15 is 0 Å². The van der Waals surface area contributed by atoms with E-state index in [0.717, 1.165) is 10.2 Å². The summed E-state index contributed by atoms with van der Waals surface area (Å²) < 4.78 is 19.0. The van der Waals surface area contributed by atoms with Crippen molar-refractivity contribution in [3.8, 4) is 11.5 Å². The fourth-order valence-corrected chi connectivity index (χ4v) is 2.40. The normalized spacial score (nSPS) is 11.0. The average Bonchev–Trinajstić information content (AvgIpc) is 2.96. The molecule has 0 bridgehead atoms. The van der Waals surface area contributed by atoms with E-state index in [0.29, 0.717) is 17.0 Å². The lowest BCUT2D eigenvalue weighted by atomic mass is 10.0. The van der Waals surface area contributed by atoms with Gasteiger partial charge in [0, 0.05) is 11.1 Å². The molecule has 0 fully saturated rings. The number of hydrogen-bond donors (Lipinski definition) is 0. The second-order valence-electron chi connectivity index (χ2n) is 6.04. The van der Waals surface area contributed by atoms with Crippen LogP contribution in [0, 0.1) is 5.82 Å². The van der Waals surface area contributed by atoms with Crippen LogP contribution in [-0.4, -0.2) is 15.6 Å². The van der Waals surface area contributed by atoms with Crippen molar-refractivity contribution in [1.82, 2.24) is 9.78 Å². The second kappa shape index (κ2) is 6.84. The highest BCUT2D eigenvalue weighted by molar-refractivity contribution is 5.95. The molecular weight excluding hydrogens is 323 g/mol. The predicted octanol–water partition coefficient (Wildman–Crippen LogP) is 3.65. The molecule has 0 spiro atoms. The lowest BCUT2D eigenvalue weighted by molar-refractivity contribution is 0.0965. The van der Waals surface area contributed by atoms with Gasteiger partial charge in [-0.1, -0.05) is 38.1 Å². The number of benzene rings is 2. The molecule has 2 aromatic carbocycles. The topological polar surface area (TPSA) is 65.1 Å². The van der Waals surface area contributed by atoms with E-state index < -0.39 is 11.6 Å². The minimum Gasteiger partial charge on any atom is -0.388 e. The van der Waals surface area contributed by atoms with Crippen LogP contribution < -0.4 is 5.76 Å². The molecular formula is C19H17FN2O3. The SMILES string of the molecule is CC(C)c1ccc(C(=O)Cn2nc(-c3ccc(F)cc3)oc2=O)cc1. The Labute approximate surface area is 143 Å². The van der Waals surface area contributed by atoms with E-state index in [-0.39, 0.29) is 18.2 Å². The molecule has 0 aliphatic rings. The number of carbonyl (C=O) groups excluding carboxylic acids is 1. The third-order valence-electron chi connectivity index (χ3n) is 3.89. The molecule has 5 nitrogen and oxygen atoms in total. The predicted molar refractivity (Wildman–Crippen MR) is 91.0 cm³/mol. The first-order valence-electron chi connectivity index (χ1n) is 7.91. The van der Waals surface area contributed by atoms with Gasteiger partial charge >= 0.3 is 5.76 Å². The molecule has 0 atom stereocenters. The number of halogens is 1. The number of ketones is 1. The van der Waals surface area contributed by atoms with Crippen molar-refractivity contribution in [2.75, 3.05) is 0 Å². The summed E-state index contributed by atoms with van der Waals surface area (Å²) in [5, 5.41) is 4.02. The maximum absolute atomic E-state index is 13.0. The Hall–Kier alpha value is -3.02. The summed E-state index contributed by atoms with van der Waals surface area (Å²) in [6, 6.07) is 12.7. The van der Waals surface area contributed by atoms with Crippen LogP contribution >= 0.6 is 0 Å². The lowest BCUT2D eigenvalue weighted by Gasteiger charge is -2.06. The van der Waals surface area contributed by atoms with Gasteiger partial charge in [-0.05, 0) is 35.7 Å². The van der Waals surface area contributed by atoms with Crippen molar-refractivity contribution in [1.29, 1.82) is 0 Å².